The van der Waals surface area contributed by atoms with E-state index < -0.39 is 0 Å². The number of aromatic amines is 2. The van der Waals surface area contributed by atoms with Gasteiger partial charge in [0.25, 0.3) is 5.91 Å². The van der Waals surface area contributed by atoms with Gasteiger partial charge in [0.2, 0.25) is 5.95 Å². The Labute approximate surface area is 138 Å². The first-order valence-corrected chi connectivity index (χ1v) is 7.56. The Bertz CT molecular complexity index is 848. The fourth-order valence-electron chi connectivity index (χ4n) is 2.17. The van der Waals surface area contributed by atoms with Gasteiger partial charge in [0.15, 0.2) is 5.78 Å². The number of nitrogens with zero attached hydrogens (tertiary/aromatic N) is 2. The van der Waals surface area contributed by atoms with Gasteiger partial charge >= 0.3 is 0 Å². The number of carbonyl (C=O) groups is 2. The van der Waals surface area contributed by atoms with Crippen LogP contribution in [0, 0.1) is 0 Å². The predicted octanol–water partition coefficient (Wildman–Crippen LogP) is 2.74. The van der Waals surface area contributed by atoms with Crippen LogP contribution in [0.15, 0.2) is 42.7 Å². The summed E-state index contributed by atoms with van der Waals surface area (Å²) in [5.41, 5.74) is 1.52. The fourth-order valence-corrected chi connectivity index (χ4v) is 2.17. The van der Waals surface area contributed by atoms with Crippen LogP contribution < -0.4 is 5.32 Å². The maximum absolute atomic E-state index is 12.2. The standard InChI is InChI=1S/C17H17N5O2/c1-10(2)15-19-17(22-21-15)20-16(24)12-5-3-11(4-6-12)14(23)13-7-8-18-9-13/h3-10,18H,1-2H3,(H2,19,20,21,22,24). The van der Waals surface area contributed by atoms with Gasteiger partial charge in [-0.3, -0.25) is 20.0 Å². The molecular formula is C17H17N5O2. The zero-order chi connectivity index (χ0) is 17.1. The van der Waals surface area contributed by atoms with Crippen LogP contribution in [0.1, 0.15) is 51.9 Å². The zero-order valence-electron chi connectivity index (χ0n) is 13.3. The molecule has 7 nitrogen and oxygen atoms in total. The van der Waals surface area contributed by atoms with Gasteiger partial charge in [0.1, 0.15) is 5.82 Å². The molecule has 0 fully saturated rings. The molecule has 2 heterocycles. The van der Waals surface area contributed by atoms with Crippen LogP contribution in [0.25, 0.3) is 0 Å². The van der Waals surface area contributed by atoms with Gasteiger partial charge in [-0.2, -0.15) is 4.98 Å². The third kappa shape index (κ3) is 3.24. The molecule has 24 heavy (non-hydrogen) atoms. The smallest absolute Gasteiger partial charge is 0.258 e. The largest absolute Gasteiger partial charge is 0.367 e. The number of nitrogens with one attached hydrogen (secondary N) is 3. The number of H-pyrrole nitrogens is 2. The molecule has 2 aromatic heterocycles. The molecule has 0 bridgehead atoms. The van der Waals surface area contributed by atoms with Crippen LogP contribution >= 0.6 is 0 Å². The highest BCUT2D eigenvalue weighted by Gasteiger charge is 2.13. The summed E-state index contributed by atoms with van der Waals surface area (Å²) in [5.74, 6) is 0.708. The molecule has 3 aromatic rings. The number of amides is 1. The van der Waals surface area contributed by atoms with Crippen molar-refractivity contribution in [2.45, 2.75) is 19.8 Å². The second kappa shape index (κ2) is 6.49. The molecule has 0 atom stereocenters. The van der Waals surface area contributed by atoms with Crippen LogP contribution in [-0.2, 0) is 0 Å². The average molecular weight is 323 g/mol. The van der Waals surface area contributed by atoms with Crippen LogP contribution in [0.3, 0.4) is 0 Å². The van der Waals surface area contributed by atoms with Gasteiger partial charge in [-0.1, -0.05) is 26.0 Å². The Hall–Kier alpha value is -3.22. The van der Waals surface area contributed by atoms with Crippen molar-refractivity contribution in [3.63, 3.8) is 0 Å². The van der Waals surface area contributed by atoms with Crippen LogP contribution in [0.4, 0.5) is 5.95 Å². The monoisotopic (exact) mass is 323 g/mol. The summed E-state index contributed by atoms with van der Waals surface area (Å²) in [6.07, 6.45) is 3.33. The maximum Gasteiger partial charge on any atom is 0.258 e. The van der Waals surface area contributed by atoms with E-state index >= 15 is 0 Å². The van der Waals surface area contributed by atoms with E-state index in [1.807, 2.05) is 13.8 Å². The van der Waals surface area contributed by atoms with Gasteiger partial charge in [-0.05, 0) is 18.2 Å². The van der Waals surface area contributed by atoms with Crippen molar-refractivity contribution in [3.8, 4) is 0 Å². The second-order valence-corrected chi connectivity index (χ2v) is 5.66. The van der Waals surface area contributed by atoms with E-state index in [2.05, 4.69) is 25.5 Å². The van der Waals surface area contributed by atoms with Gasteiger partial charge in [0, 0.05) is 35.0 Å². The molecule has 0 unspecified atom stereocenters. The normalized spacial score (nSPS) is 10.8. The van der Waals surface area contributed by atoms with Gasteiger partial charge in [-0.25, -0.2) is 0 Å². The highest BCUT2D eigenvalue weighted by molar-refractivity contribution is 6.10. The molecule has 122 valence electrons. The molecule has 0 saturated heterocycles. The Balaban J connectivity index is 1.70. The van der Waals surface area contributed by atoms with Crippen molar-refractivity contribution in [1.82, 2.24) is 20.2 Å². The topological polar surface area (TPSA) is 104 Å². The molecule has 0 radical (unpaired) electrons. The highest BCUT2D eigenvalue weighted by Crippen LogP contribution is 2.13. The summed E-state index contributed by atoms with van der Waals surface area (Å²) in [4.78, 5) is 31.5. The lowest BCUT2D eigenvalue weighted by Crippen LogP contribution is -2.13. The van der Waals surface area contributed by atoms with Crippen molar-refractivity contribution in [2.75, 3.05) is 5.32 Å². The number of hydrogen-bond donors (Lipinski definition) is 3. The van der Waals surface area contributed by atoms with Gasteiger partial charge < -0.3 is 4.98 Å². The van der Waals surface area contributed by atoms with E-state index in [1.54, 1.807) is 42.7 Å². The number of hydrogen-bond acceptors (Lipinski definition) is 4. The number of benzene rings is 1. The molecule has 0 spiro atoms. The van der Waals surface area contributed by atoms with E-state index in [0.29, 0.717) is 22.5 Å². The Morgan fingerprint density at radius 1 is 1.04 bits per heavy atom. The van der Waals surface area contributed by atoms with E-state index in [1.165, 1.54) is 0 Å². The third-order valence-electron chi connectivity index (χ3n) is 3.54. The quantitative estimate of drug-likeness (QED) is 0.628. The predicted molar refractivity (Wildman–Crippen MR) is 89.1 cm³/mol. The van der Waals surface area contributed by atoms with E-state index in [9.17, 15) is 9.59 Å². The van der Waals surface area contributed by atoms with Crippen molar-refractivity contribution < 1.29 is 9.59 Å². The third-order valence-corrected chi connectivity index (χ3v) is 3.54. The summed E-state index contributed by atoms with van der Waals surface area (Å²) >= 11 is 0. The highest BCUT2D eigenvalue weighted by atomic mass is 16.2. The Morgan fingerprint density at radius 3 is 2.33 bits per heavy atom. The Morgan fingerprint density at radius 2 is 1.75 bits per heavy atom. The van der Waals surface area contributed by atoms with Crippen LogP contribution in [-0.4, -0.2) is 31.9 Å². The summed E-state index contributed by atoms with van der Waals surface area (Å²) in [6.45, 7) is 3.96. The first kappa shape index (κ1) is 15.7. The average Bonchev–Trinajstić information content (AvgIpc) is 3.26. The number of anilines is 1. The minimum absolute atomic E-state index is 0.0984. The maximum atomic E-state index is 12.2. The van der Waals surface area contributed by atoms with E-state index in [4.69, 9.17) is 0 Å². The molecular weight excluding hydrogens is 306 g/mol. The van der Waals surface area contributed by atoms with Crippen LogP contribution in [0.2, 0.25) is 0 Å². The zero-order valence-corrected chi connectivity index (χ0v) is 13.3. The van der Waals surface area contributed by atoms with Crippen LogP contribution in [0.5, 0.6) is 0 Å². The molecule has 0 aliphatic heterocycles. The number of aromatic nitrogens is 4. The SMILES string of the molecule is CC(C)c1nc(NC(=O)c2ccc(C(=O)c3cc[nH]c3)cc2)n[nH]1. The lowest BCUT2D eigenvalue weighted by atomic mass is 10.0. The Kier molecular flexibility index (Phi) is 4.24. The van der Waals surface area contributed by atoms with Gasteiger partial charge in [-0.15, -0.1) is 5.10 Å². The molecule has 3 rings (SSSR count). The summed E-state index contributed by atoms with van der Waals surface area (Å²) < 4.78 is 0. The molecule has 0 aliphatic carbocycles. The molecule has 0 aliphatic rings. The van der Waals surface area contributed by atoms with Crippen molar-refractivity contribution in [3.05, 3.63) is 65.2 Å². The minimum atomic E-state index is -0.329. The van der Waals surface area contributed by atoms with Gasteiger partial charge in [0.05, 0.1) is 0 Å². The van der Waals surface area contributed by atoms with Crippen molar-refractivity contribution in [1.29, 1.82) is 0 Å². The molecule has 3 N–H and O–H groups in total. The summed E-state index contributed by atoms with van der Waals surface area (Å²) in [7, 11) is 0. The van der Waals surface area contributed by atoms with Crippen molar-refractivity contribution in [2.24, 2.45) is 0 Å². The summed E-state index contributed by atoms with van der Waals surface area (Å²) in [6, 6.07) is 8.17. The molecule has 1 aromatic carbocycles. The summed E-state index contributed by atoms with van der Waals surface area (Å²) in [5, 5.41) is 9.36. The fraction of sp³-hybridized carbons (Fsp3) is 0.176. The second-order valence-electron chi connectivity index (χ2n) is 5.66. The molecule has 0 saturated carbocycles. The molecule has 7 heteroatoms. The van der Waals surface area contributed by atoms with E-state index in [-0.39, 0.29) is 23.6 Å². The first-order chi connectivity index (χ1) is 11.5. The van der Waals surface area contributed by atoms with Crippen molar-refractivity contribution >= 4 is 17.6 Å². The lowest BCUT2D eigenvalue weighted by molar-refractivity contribution is 0.101. The number of ketones is 1. The van der Waals surface area contributed by atoms with E-state index in [0.717, 1.165) is 0 Å². The first-order valence-electron chi connectivity index (χ1n) is 7.56. The lowest BCUT2D eigenvalue weighted by Gasteiger charge is -2.03. The number of carbonyl (C=O) groups excluding carboxylic acids is 2. The molecule has 1 amide bonds. The number of rotatable bonds is 5. The minimum Gasteiger partial charge on any atom is -0.367 e.